The standard InChI is InChI=1S/C14H23N/c1-11(2)10-12(3)15-13(4)14-8-6-5-7-9-14/h5-9,11-13,15H,10H2,1-4H3/t12?,13-/m0/s1. The molecule has 0 saturated carbocycles. The molecule has 1 aromatic carbocycles. The quantitative estimate of drug-likeness (QED) is 0.771. The van der Waals surface area contributed by atoms with Gasteiger partial charge >= 0.3 is 0 Å². The van der Waals surface area contributed by atoms with Gasteiger partial charge in [-0.15, -0.1) is 0 Å². The lowest BCUT2D eigenvalue weighted by atomic mass is 10.0. The van der Waals surface area contributed by atoms with E-state index in [1.54, 1.807) is 0 Å². The highest BCUT2D eigenvalue weighted by atomic mass is 14.9. The van der Waals surface area contributed by atoms with Gasteiger partial charge in [0.25, 0.3) is 0 Å². The summed E-state index contributed by atoms with van der Waals surface area (Å²) in [5.41, 5.74) is 1.37. The summed E-state index contributed by atoms with van der Waals surface area (Å²) in [5, 5.41) is 3.63. The predicted molar refractivity (Wildman–Crippen MR) is 66.9 cm³/mol. The Hall–Kier alpha value is -0.820. The first-order valence-electron chi connectivity index (χ1n) is 5.90. The van der Waals surface area contributed by atoms with Gasteiger partial charge in [-0.1, -0.05) is 44.2 Å². The molecule has 0 aromatic heterocycles. The molecule has 0 bridgehead atoms. The van der Waals surface area contributed by atoms with Crippen molar-refractivity contribution >= 4 is 0 Å². The molecule has 0 radical (unpaired) electrons. The van der Waals surface area contributed by atoms with E-state index in [4.69, 9.17) is 0 Å². The molecule has 0 fully saturated rings. The monoisotopic (exact) mass is 205 g/mol. The molecule has 2 atom stereocenters. The third-order valence-corrected chi connectivity index (χ3v) is 2.66. The van der Waals surface area contributed by atoms with Gasteiger partial charge in [0, 0.05) is 12.1 Å². The summed E-state index contributed by atoms with van der Waals surface area (Å²) in [6, 6.07) is 11.6. The molecule has 0 aliphatic heterocycles. The Morgan fingerprint density at radius 2 is 1.60 bits per heavy atom. The van der Waals surface area contributed by atoms with Gasteiger partial charge in [-0.05, 0) is 31.7 Å². The fourth-order valence-electron chi connectivity index (χ4n) is 2.04. The molecule has 1 unspecified atom stereocenters. The lowest BCUT2D eigenvalue weighted by Crippen LogP contribution is -2.30. The van der Waals surface area contributed by atoms with Crippen LogP contribution >= 0.6 is 0 Å². The summed E-state index contributed by atoms with van der Waals surface area (Å²) in [6.45, 7) is 9.03. The summed E-state index contributed by atoms with van der Waals surface area (Å²) in [6.07, 6.45) is 1.23. The highest BCUT2D eigenvalue weighted by molar-refractivity contribution is 5.18. The van der Waals surface area contributed by atoms with Crippen molar-refractivity contribution in [3.05, 3.63) is 35.9 Å². The summed E-state index contributed by atoms with van der Waals surface area (Å²) >= 11 is 0. The van der Waals surface area contributed by atoms with Gasteiger partial charge in [-0.25, -0.2) is 0 Å². The molecule has 0 aliphatic carbocycles. The van der Waals surface area contributed by atoms with E-state index in [1.807, 2.05) is 0 Å². The van der Waals surface area contributed by atoms with E-state index in [9.17, 15) is 0 Å². The summed E-state index contributed by atoms with van der Waals surface area (Å²) < 4.78 is 0. The van der Waals surface area contributed by atoms with Crippen LogP contribution in [-0.2, 0) is 0 Å². The molecule has 84 valence electrons. The largest absolute Gasteiger partial charge is 0.308 e. The van der Waals surface area contributed by atoms with Crippen molar-refractivity contribution in [2.24, 2.45) is 5.92 Å². The minimum absolute atomic E-state index is 0.444. The number of benzene rings is 1. The van der Waals surface area contributed by atoms with Crippen LogP contribution in [0.5, 0.6) is 0 Å². The topological polar surface area (TPSA) is 12.0 Å². The minimum atomic E-state index is 0.444. The van der Waals surface area contributed by atoms with Crippen LogP contribution in [0, 0.1) is 5.92 Å². The zero-order valence-corrected chi connectivity index (χ0v) is 10.3. The van der Waals surface area contributed by atoms with E-state index in [2.05, 4.69) is 63.3 Å². The van der Waals surface area contributed by atoms with E-state index in [1.165, 1.54) is 12.0 Å². The summed E-state index contributed by atoms with van der Waals surface area (Å²) in [5.74, 6) is 0.760. The van der Waals surface area contributed by atoms with E-state index >= 15 is 0 Å². The Labute approximate surface area is 93.9 Å². The maximum absolute atomic E-state index is 3.63. The van der Waals surface area contributed by atoms with Crippen LogP contribution in [0.2, 0.25) is 0 Å². The molecule has 15 heavy (non-hydrogen) atoms. The van der Waals surface area contributed by atoms with Gasteiger partial charge in [-0.2, -0.15) is 0 Å². The first-order valence-corrected chi connectivity index (χ1v) is 5.90. The SMILES string of the molecule is CC(C)CC(C)N[C@@H](C)c1ccccc1. The van der Waals surface area contributed by atoms with Crippen molar-refractivity contribution in [1.29, 1.82) is 0 Å². The van der Waals surface area contributed by atoms with Crippen LogP contribution < -0.4 is 5.32 Å². The van der Waals surface area contributed by atoms with Gasteiger partial charge in [0.1, 0.15) is 0 Å². The third kappa shape index (κ3) is 4.48. The molecule has 0 saturated heterocycles. The molecule has 1 N–H and O–H groups in total. The van der Waals surface area contributed by atoms with Gasteiger partial charge in [-0.3, -0.25) is 0 Å². The average Bonchev–Trinajstić information content (AvgIpc) is 2.17. The molecule has 1 nitrogen and oxygen atoms in total. The number of hydrogen-bond donors (Lipinski definition) is 1. The number of rotatable bonds is 5. The van der Waals surface area contributed by atoms with Crippen LogP contribution in [0.1, 0.15) is 45.7 Å². The van der Waals surface area contributed by atoms with Crippen LogP contribution in [0.3, 0.4) is 0 Å². The van der Waals surface area contributed by atoms with Gasteiger partial charge < -0.3 is 5.32 Å². The molecule has 1 heteroatoms. The third-order valence-electron chi connectivity index (χ3n) is 2.66. The molecular formula is C14H23N. The van der Waals surface area contributed by atoms with E-state index in [-0.39, 0.29) is 0 Å². The fourth-order valence-corrected chi connectivity index (χ4v) is 2.04. The van der Waals surface area contributed by atoms with Crippen molar-refractivity contribution in [2.45, 2.75) is 46.2 Å². The lowest BCUT2D eigenvalue weighted by molar-refractivity contribution is 0.407. The molecule has 1 rings (SSSR count). The second-order valence-electron chi connectivity index (χ2n) is 4.83. The van der Waals surface area contributed by atoms with Crippen molar-refractivity contribution in [3.8, 4) is 0 Å². The van der Waals surface area contributed by atoms with Crippen molar-refractivity contribution < 1.29 is 0 Å². The summed E-state index contributed by atoms with van der Waals surface area (Å²) in [4.78, 5) is 0. The lowest BCUT2D eigenvalue weighted by Gasteiger charge is -2.21. The molecule has 0 aliphatic rings. The highest BCUT2D eigenvalue weighted by Gasteiger charge is 2.09. The molecule has 0 amide bonds. The second kappa shape index (κ2) is 5.92. The molecular weight excluding hydrogens is 182 g/mol. The average molecular weight is 205 g/mol. The number of hydrogen-bond acceptors (Lipinski definition) is 1. The normalized spacial score (nSPS) is 15.3. The molecule has 0 heterocycles. The second-order valence-corrected chi connectivity index (χ2v) is 4.83. The smallest absolute Gasteiger partial charge is 0.0294 e. The van der Waals surface area contributed by atoms with Crippen LogP contribution in [-0.4, -0.2) is 6.04 Å². The predicted octanol–water partition coefficient (Wildman–Crippen LogP) is 3.77. The van der Waals surface area contributed by atoms with Gasteiger partial charge in [0.05, 0.1) is 0 Å². The Kier molecular flexibility index (Phi) is 4.83. The first-order chi connectivity index (χ1) is 7.09. The van der Waals surface area contributed by atoms with Gasteiger partial charge in [0.15, 0.2) is 0 Å². The van der Waals surface area contributed by atoms with E-state index in [0.717, 1.165) is 5.92 Å². The van der Waals surface area contributed by atoms with E-state index in [0.29, 0.717) is 12.1 Å². The zero-order chi connectivity index (χ0) is 11.3. The van der Waals surface area contributed by atoms with Crippen molar-refractivity contribution in [3.63, 3.8) is 0 Å². The molecule has 0 spiro atoms. The van der Waals surface area contributed by atoms with Crippen LogP contribution in [0.4, 0.5) is 0 Å². The van der Waals surface area contributed by atoms with Crippen LogP contribution in [0.15, 0.2) is 30.3 Å². The summed E-state index contributed by atoms with van der Waals surface area (Å²) in [7, 11) is 0. The zero-order valence-electron chi connectivity index (χ0n) is 10.3. The van der Waals surface area contributed by atoms with Crippen molar-refractivity contribution in [2.75, 3.05) is 0 Å². The maximum Gasteiger partial charge on any atom is 0.0294 e. The Morgan fingerprint density at radius 3 is 2.13 bits per heavy atom. The Morgan fingerprint density at radius 1 is 1.00 bits per heavy atom. The van der Waals surface area contributed by atoms with E-state index < -0.39 is 0 Å². The van der Waals surface area contributed by atoms with Crippen molar-refractivity contribution in [1.82, 2.24) is 5.32 Å². The Balaban J connectivity index is 2.45. The van der Waals surface area contributed by atoms with Crippen LogP contribution in [0.25, 0.3) is 0 Å². The minimum Gasteiger partial charge on any atom is -0.308 e. The maximum atomic E-state index is 3.63. The fraction of sp³-hybridized carbons (Fsp3) is 0.571. The Bertz CT molecular complexity index is 266. The molecule has 1 aromatic rings. The first kappa shape index (κ1) is 12.3. The van der Waals surface area contributed by atoms with Gasteiger partial charge in [0.2, 0.25) is 0 Å². The number of nitrogens with one attached hydrogen (secondary N) is 1. The highest BCUT2D eigenvalue weighted by Crippen LogP contribution is 2.14.